The van der Waals surface area contributed by atoms with E-state index in [1.807, 2.05) is 48.5 Å². The van der Waals surface area contributed by atoms with E-state index in [2.05, 4.69) is 10.5 Å². The van der Waals surface area contributed by atoms with Gasteiger partial charge in [0.1, 0.15) is 5.75 Å². The molecule has 1 aromatic heterocycles. The van der Waals surface area contributed by atoms with Crippen LogP contribution < -0.4 is 15.1 Å². The highest BCUT2D eigenvalue weighted by Crippen LogP contribution is 2.30. The third-order valence-corrected chi connectivity index (χ3v) is 5.21. The van der Waals surface area contributed by atoms with Crippen molar-refractivity contribution in [3.8, 4) is 5.75 Å². The molecule has 1 aliphatic carbocycles. The third kappa shape index (κ3) is 3.09. The quantitative estimate of drug-likeness (QED) is 0.743. The first-order valence-electron chi connectivity index (χ1n) is 9.51. The van der Waals surface area contributed by atoms with Crippen LogP contribution in [0.3, 0.4) is 0 Å². The number of carbonyl (C=O) groups excluding carboxylic acids is 2. The van der Waals surface area contributed by atoms with Crippen molar-refractivity contribution in [2.24, 2.45) is 5.92 Å². The van der Waals surface area contributed by atoms with Gasteiger partial charge < -0.3 is 9.64 Å². The summed E-state index contributed by atoms with van der Waals surface area (Å²) in [6.07, 6.45) is 3.67. The number of fused-ring (bicyclic) bond motifs is 1. The van der Waals surface area contributed by atoms with Crippen LogP contribution in [0.5, 0.6) is 5.75 Å². The maximum Gasteiger partial charge on any atom is 0.268 e. The third-order valence-electron chi connectivity index (χ3n) is 5.21. The molecule has 2 heterocycles. The van der Waals surface area contributed by atoms with Crippen molar-refractivity contribution in [1.29, 1.82) is 0 Å². The number of ether oxygens (including phenoxy) is 1. The highest BCUT2D eigenvalue weighted by Gasteiger charge is 2.34. The topological polar surface area (TPSA) is 76.5 Å². The number of hydrogen-bond donors (Lipinski definition) is 1. The van der Waals surface area contributed by atoms with Gasteiger partial charge in [0.25, 0.3) is 5.91 Å². The summed E-state index contributed by atoms with van der Waals surface area (Å²) >= 11 is 0. The molecular formula is C21H20N4O3. The number of nitrogens with one attached hydrogen (secondary N) is 1. The van der Waals surface area contributed by atoms with E-state index in [0.717, 1.165) is 29.4 Å². The predicted molar refractivity (Wildman–Crippen MR) is 105 cm³/mol. The van der Waals surface area contributed by atoms with Gasteiger partial charge in [0.2, 0.25) is 5.91 Å². The van der Waals surface area contributed by atoms with E-state index in [9.17, 15) is 9.59 Å². The van der Waals surface area contributed by atoms with Crippen LogP contribution in [0, 0.1) is 5.92 Å². The summed E-state index contributed by atoms with van der Waals surface area (Å²) in [5, 5.41) is 5.13. The van der Waals surface area contributed by atoms with Gasteiger partial charge in [0.05, 0.1) is 11.7 Å². The summed E-state index contributed by atoms with van der Waals surface area (Å²) in [4.78, 5) is 28.0. The van der Waals surface area contributed by atoms with Gasteiger partial charge in [-0.25, -0.2) is 5.43 Å². The number of benzene rings is 2. The summed E-state index contributed by atoms with van der Waals surface area (Å²) < 4.78 is 5.99. The molecule has 28 heavy (non-hydrogen) atoms. The van der Waals surface area contributed by atoms with E-state index in [4.69, 9.17) is 4.74 Å². The summed E-state index contributed by atoms with van der Waals surface area (Å²) in [5.74, 6) is 0.629. The van der Waals surface area contributed by atoms with Crippen molar-refractivity contribution in [1.82, 2.24) is 9.89 Å². The molecule has 2 fully saturated rings. The molecule has 1 N–H and O–H groups in total. The molecule has 1 unspecified atom stereocenters. The summed E-state index contributed by atoms with van der Waals surface area (Å²) in [7, 11) is 0. The standard InChI is InChI=1S/C21H20N4O3/c26-20(14-6-7-14)23-25-18-12-17(9-8-15(18)13-22-25)28-19-10-11-24(21(19)27)16-4-2-1-3-5-16/h1-5,8-9,12-14,19H,6-7,10-11H2,(H,23,26). The van der Waals surface area contributed by atoms with Crippen molar-refractivity contribution in [3.63, 3.8) is 0 Å². The van der Waals surface area contributed by atoms with Gasteiger partial charge in [0.15, 0.2) is 6.10 Å². The molecule has 1 atom stereocenters. The van der Waals surface area contributed by atoms with E-state index >= 15 is 0 Å². The SMILES string of the molecule is O=C(Nn1ncc2ccc(OC3CCN(c4ccccc4)C3=O)cc21)C1CC1. The molecule has 0 spiro atoms. The first-order chi connectivity index (χ1) is 13.7. The molecule has 2 amide bonds. The molecule has 3 aromatic rings. The van der Waals surface area contributed by atoms with Crippen LogP contribution in [0.2, 0.25) is 0 Å². The maximum atomic E-state index is 12.7. The Bertz CT molecular complexity index is 1040. The first-order valence-corrected chi connectivity index (χ1v) is 9.51. The minimum absolute atomic E-state index is 0.0132. The number of para-hydroxylation sites is 1. The van der Waals surface area contributed by atoms with E-state index in [-0.39, 0.29) is 17.7 Å². The Balaban J connectivity index is 1.34. The number of hydrogen-bond acceptors (Lipinski definition) is 4. The zero-order valence-corrected chi connectivity index (χ0v) is 15.2. The fourth-order valence-corrected chi connectivity index (χ4v) is 3.49. The van der Waals surface area contributed by atoms with Crippen molar-refractivity contribution < 1.29 is 14.3 Å². The lowest BCUT2D eigenvalue weighted by molar-refractivity contribution is -0.123. The fraction of sp³-hybridized carbons (Fsp3) is 0.286. The molecule has 2 aliphatic rings. The van der Waals surface area contributed by atoms with Gasteiger partial charge in [-0.2, -0.15) is 9.89 Å². The summed E-state index contributed by atoms with van der Waals surface area (Å²) in [6.45, 7) is 0.630. The second-order valence-electron chi connectivity index (χ2n) is 7.25. The molecule has 0 radical (unpaired) electrons. The van der Waals surface area contributed by atoms with Gasteiger partial charge in [-0.15, -0.1) is 0 Å². The second kappa shape index (κ2) is 6.67. The molecule has 7 nitrogen and oxygen atoms in total. The van der Waals surface area contributed by atoms with Gasteiger partial charge in [-0.3, -0.25) is 9.59 Å². The molecule has 0 bridgehead atoms. The largest absolute Gasteiger partial charge is 0.480 e. The average molecular weight is 376 g/mol. The number of nitrogens with zero attached hydrogens (tertiary/aromatic N) is 3. The van der Waals surface area contributed by atoms with Crippen molar-refractivity contribution >= 4 is 28.4 Å². The fourth-order valence-electron chi connectivity index (χ4n) is 3.49. The molecule has 1 aliphatic heterocycles. The monoisotopic (exact) mass is 376 g/mol. The number of anilines is 1. The van der Waals surface area contributed by atoms with E-state index in [0.29, 0.717) is 18.7 Å². The second-order valence-corrected chi connectivity index (χ2v) is 7.25. The molecule has 1 saturated carbocycles. The van der Waals surface area contributed by atoms with Crippen molar-refractivity contribution in [2.75, 3.05) is 16.9 Å². The van der Waals surface area contributed by atoms with Gasteiger partial charge in [-0.1, -0.05) is 18.2 Å². The van der Waals surface area contributed by atoms with Crippen LogP contribution in [-0.4, -0.2) is 34.4 Å². The molecule has 7 heteroatoms. The Labute approximate surface area is 161 Å². The zero-order valence-electron chi connectivity index (χ0n) is 15.2. The van der Waals surface area contributed by atoms with Crippen LogP contribution in [0.1, 0.15) is 19.3 Å². The lowest BCUT2D eigenvalue weighted by Gasteiger charge is -2.17. The minimum Gasteiger partial charge on any atom is -0.480 e. The van der Waals surface area contributed by atoms with E-state index in [1.165, 1.54) is 4.79 Å². The smallest absolute Gasteiger partial charge is 0.268 e. The normalized spacial score (nSPS) is 19.2. The van der Waals surface area contributed by atoms with Gasteiger partial charge in [0, 0.05) is 36.0 Å². The van der Waals surface area contributed by atoms with Gasteiger partial charge in [-0.05, 0) is 37.1 Å². The molecule has 142 valence electrons. The Hall–Kier alpha value is -3.35. The highest BCUT2D eigenvalue weighted by molar-refractivity contribution is 5.99. The number of amides is 2. The summed E-state index contributed by atoms with van der Waals surface area (Å²) in [6, 6.07) is 15.1. The molecule has 5 rings (SSSR count). The van der Waals surface area contributed by atoms with Crippen LogP contribution in [0.25, 0.3) is 10.9 Å². The number of carbonyl (C=O) groups is 2. The van der Waals surface area contributed by atoms with Crippen LogP contribution >= 0.6 is 0 Å². The molecule has 2 aromatic carbocycles. The van der Waals surface area contributed by atoms with E-state index < -0.39 is 6.10 Å². The Morgan fingerprint density at radius 1 is 1.11 bits per heavy atom. The highest BCUT2D eigenvalue weighted by atomic mass is 16.5. The lowest BCUT2D eigenvalue weighted by atomic mass is 10.2. The number of rotatable bonds is 5. The average Bonchev–Trinajstić information content (AvgIpc) is 3.42. The van der Waals surface area contributed by atoms with Crippen molar-refractivity contribution in [2.45, 2.75) is 25.4 Å². The summed E-state index contributed by atoms with van der Waals surface area (Å²) in [5.41, 5.74) is 4.45. The Morgan fingerprint density at radius 2 is 1.93 bits per heavy atom. The van der Waals surface area contributed by atoms with Crippen LogP contribution in [0.15, 0.2) is 54.7 Å². The first kappa shape index (κ1) is 16.8. The zero-order chi connectivity index (χ0) is 19.1. The van der Waals surface area contributed by atoms with E-state index in [1.54, 1.807) is 11.1 Å². The molecular weight excluding hydrogens is 356 g/mol. The van der Waals surface area contributed by atoms with Crippen LogP contribution in [-0.2, 0) is 9.59 Å². The molecule has 1 saturated heterocycles. The van der Waals surface area contributed by atoms with Gasteiger partial charge >= 0.3 is 0 Å². The Kier molecular flexibility index (Phi) is 4.00. The Morgan fingerprint density at radius 3 is 2.71 bits per heavy atom. The minimum atomic E-state index is -0.518. The predicted octanol–water partition coefficient (Wildman–Crippen LogP) is 2.70. The lowest BCUT2D eigenvalue weighted by Crippen LogP contribution is -2.32. The maximum absolute atomic E-state index is 12.7. The van der Waals surface area contributed by atoms with Crippen LogP contribution in [0.4, 0.5) is 5.69 Å². The van der Waals surface area contributed by atoms with Crippen molar-refractivity contribution in [3.05, 3.63) is 54.7 Å². The number of aromatic nitrogens is 2.